The fraction of sp³-hybridized carbons (Fsp3) is 0.333. The highest BCUT2D eigenvalue weighted by atomic mass is 16.1. The standard InChI is InChI=1S/C21H23N3O/c25-21(18-10-11-20(22-15-18)24-12-3-4-13-24)23-19-9-5-8-16-6-1-2-7-17(16)14-19/h1-3,6-7,10-12,15,19H,4-5,8-9,13-14H2,(H,23,25). The summed E-state index contributed by atoms with van der Waals surface area (Å²) < 4.78 is 0. The first-order valence-electron chi connectivity index (χ1n) is 9.06. The molecular formula is C21H23N3O. The summed E-state index contributed by atoms with van der Waals surface area (Å²) in [4.78, 5) is 19.1. The lowest BCUT2D eigenvalue weighted by atomic mass is 10.0. The second-order valence-corrected chi connectivity index (χ2v) is 6.81. The van der Waals surface area contributed by atoms with E-state index in [1.54, 1.807) is 6.20 Å². The Kier molecular flexibility index (Phi) is 4.51. The van der Waals surface area contributed by atoms with E-state index in [2.05, 4.69) is 45.5 Å². The van der Waals surface area contributed by atoms with Crippen molar-refractivity contribution in [3.05, 3.63) is 71.6 Å². The van der Waals surface area contributed by atoms with Crippen LogP contribution in [0.3, 0.4) is 0 Å². The molecule has 2 heterocycles. The number of amides is 1. The van der Waals surface area contributed by atoms with Gasteiger partial charge in [0.1, 0.15) is 5.82 Å². The van der Waals surface area contributed by atoms with Gasteiger partial charge in [0, 0.05) is 25.0 Å². The molecule has 1 aliphatic heterocycles. The smallest absolute Gasteiger partial charge is 0.253 e. The van der Waals surface area contributed by atoms with Gasteiger partial charge in [0.15, 0.2) is 0 Å². The van der Waals surface area contributed by atoms with E-state index in [0.29, 0.717) is 5.56 Å². The van der Waals surface area contributed by atoms with Crippen LogP contribution < -0.4 is 10.2 Å². The number of hydrogen-bond donors (Lipinski definition) is 1. The quantitative estimate of drug-likeness (QED) is 0.875. The monoisotopic (exact) mass is 333 g/mol. The minimum atomic E-state index is -0.0274. The zero-order valence-electron chi connectivity index (χ0n) is 14.3. The molecule has 25 heavy (non-hydrogen) atoms. The molecule has 2 aliphatic rings. The van der Waals surface area contributed by atoms with E-state index in [-0.39, 0.29) is 11.9 Å². The van der Waals surface area contributed by atoms with Crippen molar-refractivity contribution in [2.24, 2.45) is 0 Å². The molecule has 1 amide bonds. The molecule has 1 N–H and O–H groups in total. The first kappa shape index (κ1) is 15.9. The summed E-state index contributed by atoms with van der Waals surface area (Å²) in [6.07, 6.45) is 11.0. The highest BCUT2D eigenvalue weighted by molar-refractivity contribution is 5.94. The van der Waals surface area contributed by atoms with Gasteiger partial charge in [0.25, 0.3) is 5.91 Å². The van der Waals surface area contributed by atoms with Crippen LogP contribution in [-0.2, 0) is 12.8 Å². The number of benzene rings is 1. The number of hydrogen-bond acceptors (Lipinski definition) is 3. The second-order valence-electron chi connectivity index (χ2n) is 6.81. The number of carbonyl (C=O) groups is 1. The molecule has 1 aliphatic carbocycles. The Bertz CT molecular complexity index is 782. The van der Waals surface area contributed by atoms with Gasteiger partial charge < -0.3 is 10.2 Å². The molecule has 0 saturated carbocycles. The summed E-state index contributed by atoms with van der Waals surface area (Å²) >= 11 is 0. The molecule has 1 unspecified atom stereocenters. The third kappa shape index (κ3) is 3.58. The van der Waals surface area contributed by atoms with Gasteiger partial charge in [0.2, 0.25) is 0 Å². The molecule has 0 spiro atoms. The Morgan fingerprint density at radius 1 is 1.16 bits per heavy atom. The average Bonchev–Trinajstić information content (AvgIpc) is 3.10. The topological polar surface area (TPSA) is 45.2 Å². The Morgan fingerprint density at radius 3 is 2.80 bits per heavy atom. The van der Waals surface area contributed by atoms with Crippen molar-refractivity contribution in [3.63, 3.8) is 0 Å². The highest BCUT2D eigenvalue weighted by Crippen LogP contribution is 2.21. The Balaban J connectivity index is 1.42. The molecule has 1 aromatic heterocycles. The van der Waals surface area contributed by atoms with Crippen molar-refractivity contribution in [3.8, 4) is 0 Å². The Morgan fingerprint density at radius 2 is 2.04 bits per heavy atom. The van der Waals surface area contributed by atoms with Crippen LogP contribution in [0.1, 0.15) is 40.7 Å². The van der Waals surface area contributed by atoms with E-state index in [0.717, 1.165) is 44.5 Å². The van der Waals surface area contributed by atoms with Crippen molar-refractivity contribution in [2.45, 2.75) is 38.1 Å². The summed E-state index contributed by atoms with van der Waals surface area (Å²) in [5.74, 6) is 0.870. The van der Waals surface area contributed by atoms with Gasteiger partial charge in [-0.25, -0.2) is 4.98 Å². The molecule has 0 bridgehead atoms. The second kappa shape index (κ2) is 7.09. The predicted molar refractivity (Wildman–Crippen MR) is 99.7 cm³/mol. The SMILES string of the molecule is O=C(NC1CCCc2ccccc2C1)c1ccc(N2C=CCC2)nc1. The third-order valence-electron chi connectivity index (χ3n) is 5.04. The van der Waals surface area contributed by atoms with Gasteiger partial charge in [-0.05, 0) is 55.4 Å². The van der Waals surface area contributed by atoms with Crippen LogP contribution in [0.5, 0.6) is 0 Å². The number of nitrogens with one attached hydrogen (secondary N) is 1. The number of anilines is 1. The number of fused-ring (bicyclic) bond motifs is 1. The molecule has 1 atom stereocenters. The van der Waals surface area contributed by atoms with Gasteiger partial charge >= 0.3 is 0 Å². The van der Waals surface area contributed by atoms with E-state index < -0.39 is 0 Å². The molecule has 0 radical (unpaired) electrons. The van der Waals surface area contributed by atoms with Crippen molar-refractivity contribution < 1.29 is 4.79 Å². The average molecular weight is 333 g/mol. The van der Waals surface area contributed by atoms with Crippen LogP contribution in [0.25, 0.3) is 0 Å². The lowest BCUT2D eigenvalue weighted by Gasteiger charge is -2.18. The number of aromatic nitrogens is 1. The minimum Gasteiger partial charge on any atom is -0.349 e. The number of rotatable bonds is 3. The highest BCUT2D eigenvalue weighted by Gasteiger charge is 2.19. The Hall–Kier alpha value is -2.62. The normalized spacial score (nSPS) is 19.4. The predicted octanol–water partition coefficient (Wildman–Crippen LogP) is 3.48. The molecule has 4 rings (SSSR count). The van der Waals surface area contributed by atoms with Gasteiger partial charge in [0.05, 0.1) is 5.56 Å². The first-order chi connectivity index (χ1) is 12.3. The maximum atomic E-state index is 12.6. The molecule has 128 valence electrons. The van der Waals surface area contributed by atoms with Crippen LogP contribution in [0.4, 0.5) is 5.82 Å². The summed E-state index contributed by atoms with van der Waals surface area (Å²) in [5.41, 5.74) is 3.41. The van der Waals surface area contributed by atoms with Crippen LogP contribution in [-0.4, -0.2) is 23.5 Å². The lowest BCUT2D eigenvalue weighted by Crippen LogP contribution is -2.36. The summed E-state index contributed by atoms with van der Waals surface area (Å²) in [6, 6.07) is 12.5. The molecule has 2 aromatic rings. The van der Waals surface area contributed by atoms with Crippen LogP contribution in [0, 0.1) is 0 Å². The number of nitrogens with zero attached hydrogens (tertiary/aromatic N) is 2. The minimum absolute atomic E-state index is 0.0274. The molecule has 0 fully saturated rings. The molecule has 1 aromatic carbocycles. The van der Waals surface area contributed by atoms with E-state index in [4.69, 9.17) is 0 Å². The number of pyridine rings is 1. The zero-order valence-corrected chi connectivity index (χ0v) is 14.3. The molecule has 4 heteroatoms. The van der Waals surface area contributed by atoms with E-state index in [1.165, 1.54) is 11.1 Å². The first-order valence-corrected chi connectivity index (χ1v) is 9.06. The number of aryl methyl sites for hydroxylation is 1. The summed E-state index contributed by atoms with van der Waals surface area (Å²) in [7, 11) is 0. The fourth-order valence-corrected chi connectivity index (χ4v) is 3.67. The maximum absolute atomic E-state index is 12.6. The summed E-state index contributed by atoms with van der Waals surface area (Å²) in [5, 5.41) is 3.20. The summed E-state index contributed by atoms with van der Waals surface area (Å²) in [6.45, 7) is 0.958. The van der Waals surface area contributed by atoms with Crippen molar-refractivity contribution in [1.29, 1.82) is 0 Å². The van der Waals surface area contributed by atoms with Crippen molar-refractivity contribution in [2.75, 3.05) is 11.4 Å². The maximum Gasteiger partial charge on any atom is 0.253 e. The van der Waals surface area contributed by atoms with Crippen LogP contribution in [0.2, 0.25) is 0 Å². The van der Waals surface area contributed by atoms with Crippen molar-refractivity contribution >= 4 is 11.7 Å². The third-order valence-corrected chi connectivity index (χ3v) is 5.04. The number of carbonyl (C=O) groups excluding carboxylic acids is 1. The van der Waals surface area contributed by atoms with E-state index in [1.807, 2.05) is 18.3 Å². The van der Waals surface area contributed by atoms with E-state index in [9.17, 15) is 4.79 Å². The molecule has 0 saturated heterocycles. The lowest BCUT2D eigenvalue weighted by molar-refractivity contribution is 0.0934. The van der Waals surface area contributed by atoms with Crippen LogP contribution >= 0.6 is 0 Å². The molecule has 4 nitrogen and oxygen atoms in total. The van der Waals surface area contributed by atoms with Crippen LogP contribution in [0.15, 0.2) is 54.9 Å². The fourth-order valence-electron chi connectivity index (χ4n) is 3.67. The van der Waals surface area contributed by atoms with Crippen molar-refractivity contribution in [1.82, 2.24) is 10.3 Å². The van der Waals surface area contributed by atoms with Gasteiger partial charge in [-0.15, -0.1) is 0 Å². The van der Waals surface area contributed by atoms with Gasteiger partial charge in [-0.2, -0.15) is 0 Å². The zero-order chi connectivity index (χ0) is 17.1. The van der Waals surface area contributed by atoms with Gasteiger partial charge in [-0.3, -0.25) is 4.79 Å². The van der Waals surface area contributed by atoms with E-state index >= 15 is 0 Å². The molecular weight excluding hydrogens is 310 g/mol. The van der Waals surface area contributed by atoms with Gasteiger partial charge in [-0.1, -0.05) is 30.3 Å². The largest absolute Gasteiger partial charge is 0.349 e. The Labute approximate surface area is 148 Å².